The van der Waals surface area contributed by atoms with Crippen LogP contribution in [0, 0.1) is 6.92 Å². The van der Waals surface area contributed by atoms with Crippen LogP contribution in [0.15, 0.2) is 72.8 Å². The van der Waals surface area contributed by atoms with Crippen LogP contribution in [0.1, 0.15) is 27.0 Å². The van der Waals surface area contributed by atoms with Gasteiger partial charge < -0.3 is 19.5 Å². The summed E-state index contributed by atoms with van der Waals surface area (Å²) in [4.78, 5) is 24.4. The van der Waals surface area contributed by atoms with E-state index >= 15 is 0 Å². The molecule has 0 aliphatic rings. The predicted octanol–water partition coefficient (Wildman–Crippen LogP) is 4.06. The number of nitrogens with one attached hydrogen (secondary N) is 1. The second-order valence-electron chi connectivity index (χ2n) is 6.92. The molecule has 6 heteroatoms. The van der Waals surface area contributed by atoms with E-state index in [2.05, 4.69) is 5.32 Å². The average molecular weight is 419 g/mol. The van der Waals surface area contributed by atoms with Crippen LogP contribution >= 0.6 is 0 Å². The van der Waals surface area contributed by atoms with Crippen molar-refractivity contribution in [2.24, 2.45) is 0 Å². The Kier molecular flexibility index (Phi) is 7.65. The first-order chi connectivity index (χ1) is 15.1. The number of hydrogen-bond donors (Lipinski definition) is 1. The molecule has 1 amide bonds. The van der Waals surface area contributed by atoms with E-state index in [1.807, 2.05) is 61.5 Å². The van der Waals surface area contributed by atoms with E-state index in [1.54, 1.807) is 12.1 Å². The highest BCUT2D eigenvalue weighted by atomic mass is 16.5. The van der Waals surface area contributed by atoms with E-state index in [-0.39, 0.29) is 18.1 Å². The van der Waals surface area contributed by atoms with Crippen molar-refractivity contribution >= 4 is 11.9 Å². The number of ether oxygens (including phenoxy) is 3. The summed E-state index contributed by atoms with van der Waals surface area (Å²) >= 11 is 0. The minimum atomic E-state index is -0.612. The summed E-state index contributed by atoms with van der Waals surface area (Å²) < 4.78 is 16.3. The molecule has 1 N–H and O–H groups in total. The van der Waals surface area contributed by atoms with Gasteiger partial charge >= 0.3 is 5.97 Å². The largest absolute Gasteiger partial charge is 0.493 e. The summed E-state index contributed by atoms with van der Waals surface area (Å²) in [5.41, 5.74) is 3.39. The Bertz CT molecular complexity index is 1030. The topological polar surface area (TPSA) is 73.9 Å². The molecule has 0 bridgehead atoms. The Labute approximate surface area is 181 Å². The number of carbonyl (C=O) groups excluding carboxylic acids is 2. The molecule has 0 aliphatic carbocycles. The van der Waals surface area contributed by atoms with Gasteiger partial charge in [0, 0.05) is 6.54 Å². The van der Waals surface area contributed by atoms with Gasteiger partial charge in [-0.25, -0.2) is 4.79 Å². The zero-order chi connectivity index (χ0) is 22.1. The van der Waals surface area contributed by atoms with Gasteiger partial charge in [0.2, 0.25) is 0 Å². The van der Waals surface area contributed by atoms with Crippen LogP contribution in [-0.2, 0) is 22.7 Å². The zero-order valence-electron chi connectivity index (χ0n) is 17.6. The quantitative estimate of drug-likeness (QED) is 0.530. The maximum absolute atomic E-state index is 12.3. The minimum Gasteiger partial charge on any atom is -0.493 e. The van der Waals surface area contributed by atoms with Gasteiger partial charge in [-0.05, 0) is 41.8 Å². The number of methoxy groups -OCH3 is 1. The van der Waals surface area contributed by atoms with E-state index in [0.29, 0.717) is 24.7 Å². The smallest absolute Gasteiger partial charge is 0.338 e. The third-order valence-corrected chi connectivity index (χ3v) is 4.71. The number of hydrogen-bond acceptors (Lipinski definition) is 5. The van der Waals surface area contributed by atoms with Gasteiger partial charge in [0.25, 0.3) is 5.91 Å². The standard InChI is InChI=1S/C25H25NO5/c1-18-8-6-7-11-21(18)15-26-24(27)17-31-25(28)20-12-13-22(23(14-20)29-2)30-16-19-9-4-3-5-10-19/h3-14H,15-17H2,1-2H3,(H,26,27). The van der Waals surface area contributed by atoms with Crippen molar-refractivity contribution in [3.63, 3.8) is 0 Å². The molecular weight excluding hydrogens is 394 g/mol. The van der Waals surface area contributed by atoms with Crippen LogP contribution in [0.2, 0.25) is 0 Å². The Morgan fingerprint density at radius 2 is 1.65 bits per heavy atom. The van der Waals surface area contributed by atoms with Crippen LogP contribution in [0.5, 0.6) is 11.5 Å². The first-order valence-electron chi connectivity index (χ1n) is 9.90. The predicted molar refractivity (Wildman–Crippen MR) is 117 cm³/mol. The molecule has 0 unspecified atom stereocenters. The molecular formula is C25H25NO5. The molecule has 0 heterocycles. The summed E-state index contributed by atoms with van der Waals surface area (Å²) in [5, 5.41) is 2.75. The summed E-state index contributed by atoms with van der Waals surface area (Å²) in [7, 11) is 1.50. The van der Waals surface area contributed by atoms with E-state index in [0.717, 1.165) is 16.7 Å². The molecule has 0 saturated heterocycles. The molecule has 0 atom stereocenters. The average Bonchev–Trinajstić information content (AvgIpc) is 2.81. The molecule has 3 aromatic rings. The van der Waals surface area contributed by atoms with Crippen LogP contribution in [0.3, 0.4) is 0 Å². The lowest BCUT2D eigenvalue weighted by Gasteiger charge is -2.12. The fourth-order valence-corrected chi connectivity index (χ4v) is 2.92. The molecule has 6 nitrogen and oxygen atoms in total. The van der Waals surface area contributed by atoms with Crippen LogP contribution in [0.25, 0.3) is 0 Å². The molecule has 0 aliphatic heterocycles. The number of esters is 1. The molecule has 0 saturated carbocycles. The Morgan fingerprint density at radius 1 is 0.903 bits per heavy atom. The molecule has 0 aromatic heterocycles. The van der Waals surface area contributed by atoms with E-state index in [4.69, 9.17) is 14.2 Å². The highest BCUT2D eigenvalue weighted by Crippen LogP contribution is 2.29. The van der Waals surface area contributed by atoms with Crippen LogP contribution < -0.4 is 14.8 Å². The van der Waals surface area contributed by atoms with Gasteiger partial charge in [0.15, 0.2) is 18.1 Å². The minimum absolute atomic E-state index is 0.274. The number of aryl methyl sites for hydroxylation is 1. The molecule has 160 valence electrons. The van der Waals surface area contributed by atoms with Crippen molar-refractivity contribution in [2.45, 2.75) is 20.1 Å². The molecule has 3 rings (SSSR count). The lowest BCUT2D eigenvalue weighted by molar-refractivity contribution is -0.124. The highest BCUT2D eigenvalue weighted by Gasteiger charge is 2.14. The monoisotopic (exact) mass is 419 g/mol. The SMILES string of the molecule is COc1cc(C(=O)OCC(=O)NCc2ccccc2C)ccc1OCc1ccccc1. The zero-order valence-corrected chi connectivity index (χ0v) is 17.6. The van der Waals surface area contributed by atoms with Gasteiger partial charge in [-0.15, -0.1) is 0 Å². The number of carbonyl (C=O) groups is 2. The normalized spacial score (nSPS) is 10.3. The fourth-order valence-electron chi connectivity index (χ4n) is 2.92. The van der Waals surface area contributed by atoms with Crippen molar-refractivity contribution in [1.29, 1.82) is 0 Å². The van der Waals surface area contributed by atoms with Gasteiger partial charge in [-0.2, -0.15) is 0 Å². The Hall–Kier alpha value is -3.80. The van der Waals surface area contributed by atoms with Crippen molar-refractivity contribution < 1.29 is 23.8 Å². The second kappa shape index (κ2) is 10.8. The first kappa shape index (κ1) is 21.9. The van der Waals surface area contributed by atoms with E-state index in [9.17, 15) is 9.59 Å². The third-order valence-electron chi connectivity index (χ3n) is 4.71. The number of benzene rings is 3. The maximum Gasteiger partial charge on any atom is 0.338 e. The number of rotatable bonds is 9. The van der Waals surface area contributed by atoms with Crippen molar-refractivity contribution in [1.82, 2.24) is 5.32 Å². The second-order valence-corrected chi connectivity index (χ2v) is 6.92. The van der Waals surface area contributed by atoms with Gasteiger partial charge in [-0.3, -0.25) is 4.79 Å². The summed E-state index contributed by atoms with van der Waals surface area (Å²) in [6, 6.07) is 22.3. The highest BCUT2D eigenvalue weighted by molar-refractivity contribution is 5.92. The van der Waals surface area contributed by atoms with Crippen LogP contribution in [0.4, 0.5) is 0 Å². The Balaban J connectivity index is 1.52. The fraction of sp³-hybridized carbons (Fsp3) is 0.200. The summed E-state index contributed by atoms with van der Waals surface area (Å²) in [6.45, 7) is 2.37. The lowest BCUT2D eigenvalue weighted by Crippen LogP contribution is -2.28. The first-order valence-corrected chi connectivity index (χ1v) is 9.90. The molecule has 0 spiro atoms. The molecule has 0 fully saturated rings. The van der Waals surface area contributed by atoms with Crippen molar-refractivity contribution in [2.75, 3.05) is 13.7 Å². The van der Waals surface area contributed by atoms with E-state index < -0.39 is 5.97 Å². The molecule has 31 heavy (non-hydrogen) atoms. The van der Waals surface area contributed by atoms with Crippen molar-refractivity contribution in [3.8, 4) is 11.5 Å². The van der Waals surface area contributed by atoms with Gasteiger partial charge in [0.05, 0.1) is 12.7 Å². The molecule has 3 aromatic carbocycles. The molecule has 0 radical (unpaired) electrons. The third kappa shape index (κ3) is 6.34. The lowest BCUT2D eigenvalue weighted by atomic mass is 10.1. The Morgan fingerprint density at radius 3 is 2.39 bits per heavy atom. The van der Waals surface area contributed by atoms with Gasteiger partial charge in [0.1, 0.15) is 6.61 Å². The van der Waals surface area contributed by atoms with Gasteiger partial charge in [-0.1, -0.05) is 54.6 Å². The summed E-state index contributed by atoms with van der Waals surface area (Å²) in [5.74, 6) is -0.0569. The van der Waals surface area contributed by atoms with Crippen molar-refractivity contribution in [3.05, 3.63) is 95.1 Å². The maximum atomic E-state index is 12.3. The number of amides is 1. The summed E-state index contributed by atoms with van der Waals surface area (Å²) in [6.07, 6.45) is 0. The van der Waals surface area contributed by atoms with E-state index in [1.165, 1.54) is 13.2 Å². The van der Waals surface area contributed by atoms with Crippen LogP contribution in [-0.4, -0.2) is 25.6 Å².